The van der Waals surface area contributed by atoms with Crippen LogP contribution in [-0.2, 0) is 0 Å². The molecule has 0 fully saturated rings. The van der Waals surface area contributed by atoms with Gasteiger partial charge < -0.3 is 10.2 Å². The van der Waals surface area contributed by atoms with Gasteiger partial charge in [-0.25, -0.2) is 9.37 Å². The summed E-state index contributed by atoms with van der Waals surface area (Å²) in [6.45, 7) is 0. The van der Waals surface area contributed by atoms with Gasteiger partial charge in [-0.1, -0.05) is 23.7 Å². The minimum absolute atomic E-state index is 0.257. The second-order valence-corrected chi connectivity index (χ2v) is 6.34. The molecule has 5 nitrogen and oxygen atoms in total. The van der Waals surface area contributed by atoms with E-state index in [1.165, 1.54) is 24.4 Å². The summed E-state index contributed by atoms with van der Waals surface area (Å²) in [5.74, 6) is -0.123. The number of rotatable bonds is 3. The number of imidazole rings is 1. The quantitative estimate of drug-likeness (QED) is 0.509. The van der Waals surface area contributed by atoms with Gasteiger partial charge in [0.15, 0.2) is 5.82 Å². The van der Waals surface area contributed by atoms with Crippen LogP contribution in [0, 0.1) is 5.82 Å². The lowest BCUT2D eigenvalue weighted by atomic mass is 10.1. The number of hydrogen-bond donors (Lipinski definition) is 2. The molecular formula is C20H13ClFN3O2. The van der Waals surface area contributed by atoms with Crippen molar-refractivity contribution in [2.24, 2.45) is 0 Å². The summed E-state index contributed by atoms with van der Waals surface area (Å²) in [4.78, 5) is 18.8. The number of H-pyrrole nitrogens is 1. The summed E-state index contributed by atoms with van der Waals surface area (Å²) in [6, 6.07) is 15.7. The molecule has 4 aromatic rings. The zero-order chi connectivity index (χ0) is 19.0. The Kier molecular flexibility index (Phi) is 4.25. The van der Waals surface area contributed by atoms with Crippen molar-refractivity contribution >= 4 is 11.6 Å². The molecule has 7 heteroatoms. The van der Waals surface area contributed by atoms with Crippen LogP contribution in [0.5, 0.6) is 0 Å². The fraction of sp³-hybridized carbons (Fsp3) is 0. The zero-order valence-electron chi connectivity index (χ0n) is 13.9. The minimum Gasteiger partial charge on any atom is -0.426 e. The molecule has 27 heavy (non-hydrogen) atoms. The van der Waals surface area contributed by atoms with Crippen molar-refractivity contribution in [2.75, 3.05) is 0 Å². The summed E-state index contributed by atoms with van der Waals surface area (Å²) in [5, 5.41) is 11.3. The third-order valence-electron chi connectivity index (χ3n) is 4.10. The smallest absolute Gasteiger partial charge is 0.248 e. The molecule has 0 atom stereocenters. The lowest BCUT2D eigenvalue weighted by Crippen LogP contribution is -2.04. The van der Waals surface area contributed by atoms with Gasteiger partial charge in [-0.2, -0.15) is 4.73 Å². The zero-order valence-corrected chi connectivity index (χ0v) is 14.6. The van der Waals surface area contributed by atoms with Gasteiger partial charge in [0.2, 0.25) is 5.56 Å². The first-order chi connectivity index (χ1) is 13.0. The summed E-state index contributed by atoms with van der Waals surface area (Å²) in [7, 11) is 0. The van der Waals surface area contributed by atoms with Crippen LogP contribution in [0.1, 0.15) is 0 Å². The lowest BCUT2D eigenvalue weighted by Gasteiger charge is -2.06. The van der Waals surface area contributed by atoms with Crippen LogP contribution in [0.3, 0.4) is 0 Å². The predicted octanol–water partition coefficient (Wildman–Crippen LogP) is 4.60. The maximum atomic E-state index is 13.3. The average Bonchev–Trinajstić information content (AvgIpc) is 2.99. The summed E-state index contributed by atoms with van der Waals surface area (Å²) < 4.78 is 14.3. The van der Waals surface area contributed by atoms with E-state index >= 15 is 0 Å². The highest BCUT2D eigenvalue weighted by atomic mass is 35.5. The molecule has 2 heterocycles. The molecule has 4 rings (SSSR count). The standard InChI is InChI=1S/C20H13ClFN3O2/c21-15-3-1-2-14(10-15)20-24-18(12-4-6-16(22)7-5-12)19(25(20)27)13-8-9-23-17(26)11-13/h1-11,27H,(H,23,26). The first-order valence-corrected chi connectivity index (χ1v) is 8.44. The Morgan fingerprint density at radius 2 is 1.78 bits per heavy atom. The van der Waals surface area contributed by atoms with Crippen LogP contribution in [0.2, 0.25) is 5.02 Å². The van der Waals surface area contributed by atoms with Crippen molar-refractivity contribution in [2.45, 2.75) is 0 Å². The second-order valence-electron chi connectivity index (χ2n) is 5.90. The second kappa shape index (κ2) is 6.74. The van der Waals surface area contributed by atoms with Crippen molar-refractivity contribution in [3.63, 3.8) is 0 Å². The van der Waals surface area contributed by atoms with Crippen LogP contribution in [-0.4, -0.2) is 19.9 Å². The lowest BCUT2D eigenvalue weighted by molar-refractivity contribution is 0.195. The van der Waals surface area contributed by atoms with Gasteiger partial charge in [-0.3, -0.25) is 4.79 Å². The summed E-state index contributed by atoms with van der Waals surface area (Å²) >= 11 is 6.06. The topological polar surface area (TPSA) is 70.9 Å². The van der Waals surface area contributed by atoms with E-state index in [1.54, 1.807) is 42.5 Å². The monoisotopic (exact) mass is 381 g/mol. The van der Waals surface area contributed by atoms with Gasteiger partial charge in [0.1, 0.15) is 17.2 Å². The highest BCUT2D eigenvalue weighted by Gasteiger charge is 2.21. The molecule has 0 aliphatic rings. The van der Waals surface area contributed by atoms with Gasteiger partial charge in [-0.15, -0.1) is 0 Å². The maximum Gasteiger partial charge on any atom is 0.248 e. The van der Waals surface area contributed by atoms with E-state index < -0.39 is 0 Å². The Morgan fingerprint density at radius 3 is 2.48 bits per heavy atom. The molecule has 0 radical (unpaired) electrons. The molecule has 0 amide bonds. The molecule has 0 saturated carbocycles. The molecular weight excluding hydrogens is 369 g/mol. The Hall–Kier alpha value is -3.38. The fourth-order valence-corrected chi connectivity index (χ4v) is 3.08. The van der Waals surface area contributed by atoms with Crippen molar-refractivity contribution in [1.29, 1.82) is 0 Å². The van der Waals surface area contributed by atoms with Crippen LogP contribution >= 0.6 is 11.6 Å². The number of nitrogens with zero attached hydrogens (tertiary/aromatic N) is 2. The molecule has 0 aliphatic carbocycles. The normalized spacial score (nSPS) is 10.9. The number of aromatic amines is 1. The molecule has 2 aromatic heterocycles. The molecule has 2 N–H and O–H groups in total. The van der Waals surface area contributed by atoms with E-state index in [1.807, 2.05) is 0 Å². The van der Waals surface area contributed by atoms with Crippen molar-refractivity contribution < 1.29 is 9.60 Å². The average molecular weight is 382 g/mol. The number of halogens is 2. The van der Waals surface area contributed by atoms with E-state index in [-0.39, 0.29) is 17.2 Å². The number of hydrogen-bond acceptors (Lipinski definition) is 3. The van der Waals surface area contributed by atoms with E-state index in [9.17, 15) is 14.4 Å². The number of pyridine rings is 1. The molecule has 134 valence electrons. The van der Waals surface area contributed by atoms with Crippen LogP contribution in [0.4, 0.5) is 4.39 Å². The van der Waals surface area contributed by atoms with Gasteiger partial charge in [0.25, 0.3) is 0 Å². The van der Waals surface area contributed by atoms with Crippen molar-refractivity contribution in [1.82, 2.24) is 14.7 Å². The number of nitrogens with one attached hydrogen (secondary N) is 1. The Labute approximate surface area is 158 Å². The van der Waals surface area contributed by atoms with E-state index in [0.717, 1.165) is 4.73 Å². The fourth-order valence-electron chi connectivity index (χ4n) is 2.89. The van der Waals surface area contributed by atoms with Crippen molar-refractivity contribution in [3.05, 3.63) is 88.1 Å². The first kappa shape index (κ1) is 17.1. The summed E-state index contributed by atoms with van der Waals surface area (Å²) in [5.41, 5.74) is 2.09. The van der Waals surface area contributed by atoms with E-state index in [2.05, 4.69) is 9.97 Å². The molecule has 0 aliphatic heterocycles. The molecule has 0 spiro atoms. The SMILES string of the molecule is O=c1cc(-c2c(-c3ccc(F)cc3)nc(-c3cccc(Cl)c3)n2O)cc[nH]1. The molecule has 0 unspecified atom stereocenters. The molecule has 2 aromatic carbocycles. The first-order valence-electron chi connectivity index (χ1n) is 8.06. The van der Waals surface area contributed by atoms with Crippen LogP contribution < -0.4 is 5.56 Å². The van der Waals surface area contributed by atoms with Gasteiger partial charge in [0, 0.05) is 34.0 Å². The largest absolute Gasteiger partial charge is 0.426 e. The Morgan fingerprint density at radius 1 is 1.00 bits per heavy atom. The van der Waals surface area contributed by atoms with Crippen molar-refractivity contribution in [3.8, 4) is 33.9 Å². The van der Waals surface area contributed by atoms with E-state index in [4.69, 9.17) is 11.6 Å². The minimum atomic E-state index is -0.380. The Balaban J connectivity index is 2.00. The van der Waals surface area contributed by atoms with Crippen LogP contribution in [0.15, 0.2) is 71.7 Å². The van der Waals surface area contributed by atoms with E-state index in [0.29, 0.717) is 33.1 Å². The number of benzene rings is 2. The molecule has 0 saturated heterocycles. The highest BCUT2D eigenvalue weighted by Crippen LogP contribution is 2.35. The summed E-state index contributed by atoms with van der Waals surface area (Å²) in [6.07, 6.45) is 1.48. The maximum absolute atomic E-state index is 13.3. The van der Waals surface area contributed by atoms with Crippen LogP contribution in [0.25, 0.3) is 33.9 Å². The van der Waals surface area contributed by atoms with Gasteiger partial charge in [-0.05, 0) is 42.5 Å². The Bertz CT molecular complexity index is 1180. The third kappa shape index (κ3) is 3.22. The highest BCUT2D eigenvalue weighted by molar-refractivity contribution is 6.30. The predicted molar refractivity (Wildman–Crippen MR) is 101 cm³/mol. The van der Waals surface area contributed by atoms with Gasteiger partial charge >= 0.3 is 0 Å². The number of aromatic nitrogens is 3. The van der Waals surface area contributed by atoms with Gasteiger partial charge in [0.05, 0.1) is 0 Å². The molecule has 0 bridgehead atoms. The third-order valence-corrected chi connectivity index (χ3v) is 4.34.